The van der Waals surface area contributed by atoms with Gasteiger partial charge in [0, 0.05) is 11.1 Å². The maximum absolute atomic E-state index is 12.4. The van der Waals surface area contributed by atoms with Gasteiger partial charge in [0.05, 0.1) is 6.26 Å². The molecule has 5 nitrogen and oxygen atoms in total. The van der Waals surface area contributed by atoms with E-state index in [-0.39, 0.29) is 12.4 Å². The van der Waals surface area contributed by atoms with E-state index < -0.39 is 0 Å². The Bertz CT molecular complexity index is 1030. The van der Waals surface area contributed by atoms with E-state index in [1.807, 2.05) is 25.1 Å². The lowest BCUT2D eigenvalue weighted by Crippen LogP contribution is -2.01. The van der Waals surface area contributed by atoms with Crippen molar-refractivity contribution in [3.05, 3.63) is 95.6 Å². The van der Waals surface area contributed by atoms with E-state index in [9.17, 15) is 4.79 Å². The van der Waals surface area contributed by atoms with Crippen molar-refractivity contribution in [2.24, 2.45) is 0 Å². The topological polar surface area (TPSA) is 65.5 Å². The van der Waals surface area contributed by atoms with E-state index in [1.165, 1.54) is 0 Å². The molecule has 0 atom stereocenters. The van der Waals surface area contributed by atoms with Crippen LogP contribution in [-0.4, -0.2) is 10.8 Å². The van der Waals surface area contributed by atoms with Crippen LogP contribution in [0.5, 0.6) is 5.75 Å². The van der Waals surface area contributed by atoms with Gasteiger partial charge in [0.15, 0.2) is 11.5 Å². The van der Waals surface area contributed by atoms with Crippen molar-refractivity contribution in [2.45, 2.75) is 13.5 Å². The molecule has 0 aliphatic heterocycles. The summed E-state index contributed by atoms with van der Waals surface area (Å²) in [5.41, 5.74) is 1.98. The molecular weight excluding hydrogens is 342 g/mol. The van der Waals surface area contributed by atoms with Crippen molar-refractivity contribution in [2.75, 3.05) is 0 Å². The SMILES string of the molecule is Cc1oc(-c2ccco2)nc1COc1ccc(C(=O)c2ccccc2)cc1. The molecule has 0 N–H and O–H groups in total. The minimum atomic E-state index is -0.0161. The highest BCUT2D eigenvalue weighted by Gasteiger charge is 2.14. The van der Waals surface area contributed by atoms with E-state index >= 15 is 0 Å². The fourth-order valence-electron chi connectivity index (χ4n) is 2.68. The fourth-order valence-corrected chi connectivity index (χ4v) is 2.68. The van der Waals surface area contributed by atoms with Gasteiger partial charge in [-0.1, -0.05) is 30.3 Å². The van der Waals surface area contributed by atoms with Crippen LogP contribution in [0.2, 0.25) is 0 Å². The number of carbonyl (C=O) groups is 1. The Balaban J connectivity index is 1.43. The number of aryl methyl sites for hydroxylation is 1. The zero-order valence-electron chi connectivity index (χ0n) is 14.7. The molecule has 27 heavy (non-hydrogen) atoms. The highest BCUT2D eigenvalue weighted by Crippen LogP contribution is 2.23. The molecule has 2 aromatic carbocycles. The van der Waals surface area contributed by atoms with Crippen molar-refractivity contribution in [1.82, 2.24) is 4.98 Å². The third-order valence-corrected chi connectivity index (χ3v) is 4.15. The molecule has 2 heterocycles. The minimum absolute atomic E-state index is 0.0161. The zero-order chi connectivity index (χ0) is 18.6. The molecule has 0 saturated carbocycles. The van der Waals surface area contributed by atoms with Crippen molar-refractivity contribution < 1.29 is 18.4 Å². The second-order valence-corrected chi connectivity index (χ2v) is 6.01. The summed E-state index contributed by atoms with van der Waals surface area (Å²) in [6, 6.07) is 19.8. The van der Waals surface area contributed by atoms with Crippen molar-refractivity contribution in [3.8, 4) is 17.4 Å². The average Bonchev–Trinajstić information content (AvgIpc) is 3.37. The quantitative estimate of drug-likeness (QED) is 0.451. The van der Waals surface area contributed by atoms with Crippen molar-refractivity contribution in [3.63, 3.8) is 0 Å². The fraction of sp³-hybridized carbons (Fsp3) is 0.0909. The van der Waals surface area contributed by atoms with Gasteiger partial charge in [-0.25, -0.2) is 4.98 Å². The maximum Gasteiger partial charge on any atom is 0.263 e. The third-order valence-electron chi connectivity index (χ3n) is 4.15. The number of nitrogens with zero attached hydrogens (tertiary/aromatic N) is 1. The Hall–Kier alpha value is -3.60. The van der Waals surface area contributed by atoms with Gasteiger partial charge in [-0.2, -0.15) is 0 Å². The van der Waals surface area contributed by atoms with Gasteiger partial charge in [-0.3, -0.25) is 4.79 Å². The number of carbonyl (C=O) groups excluding carboxylic acids is 1. The van der Waals surface area contributed by atoms with E-state index in [0.29, 0.717) is 40.0 Å². The highest BCUT2D eigenvalue weighted by atomic mass is 16.5. The molecule has 0 amide bonds. The third kappa shape index (κ3) is 3.67. The first-order valence-corrected chi connectivity index (χ1v) is 8.53. The Labute approximate surface area is 156 Å². The molecule has 0 radical (unpaired) electrons. The number of ketones is 1. The minimum Gasteiger partial charge on any atom is -0.487 e. The molecule has 5 heteroatoms. The first kappa shape index (κ1) is 16.8. The summed E-state index contributed by atoms with van der Waals surface area (Å²) in [5.74, 6) is 2.32. The lowest BCUT2D eigenvalue weighted by molar-refractivity contribution is 0.103. The number of hydrogen-bond acceptors (Lipinski definition) is 5. The van der Waals surface area contributed by atoms with Crippen molar-refractivity contribution >= 4 is 5.78 Å². The number of furan rings is 1. The molecule has 4 rings (SSSR count). The van der Waals surface area contributed by atoms with Crippen LogP contribution in [0.1, 0.15) is 27.4 Å². The summed E-state index contributed by atoms with van der Waals surface area (Å²) >= 11 is 0. The summed E-state index contributed by atoms with van der Waals surface area (Å²) in [7, 11) is 0. The molecule has 0 fully saturated rings. The summed E-state index contributed by atoms with van der Waals surface area (Å²) in [6.45, 7) is 2.10. The molecule has 0 aliphatic rings. The molecule has 0 saturated heterocycles. The van der Waals surface area contributed by atoms with E-state index in [4.69, 9.17) is 13.6 Å². The van der Waals surface area contributed by atoms with Crippen molar-refractivity contribution in [1.29, 1.82) is 0 Å². The molecule has 0 spiro atoms. The average molecular weight is 359 g/mol. The van der Waals surface area contributed by atoms with Gasteiger partial charge >= 0.3 is 0 Å². The zero-order valence-corrected chi connectivity index (χ0v) is 14.7. The first-order chi connectivity index (χ1) is 13.2. The Kier molecular flexibility index (Phi) is 4.58. The van der Waals surface area contributed by atoms with E-state index in [2.05, 4.69) is 4.98 Å². The first-order valence-electron chi connectivity index (χ1n) is 8.53. The summed E-state index contributed by atoms with van der Waals surface area (Å²) in [5, 5.41) is 0. The molecule has 4 aromatic rings. The van der Waals surface area contributed by atoms with Gasteiger partial charge in [0.1, 0.15) is 23.8 Å². The smallest absolute Gasteiger partial charge is 0.263 e. The lowest BCUT2D eigenvalue weighted by atomic mass is 10.0. The monoisotopic (exact) mass is 359 g/mol. The number of hydrogen-bond donors (Lipinski definition) is 0. The van der Waals surface area contributed by atoms with Gasteiger partial charge in [-0.15, -0.1) is 0 Å². The van der Waals surface area contributed by atoms with Crippen LogP contribution in [0.3, 0.4) is 0 Å². The molecule has 2 aromatic heterocycles. The van der Waals surface area contributed by atoms with Crippen LogP contribution in [0.15, 0.2) is 81.8 Å². The molecule has 0 bridgehead atoms. The van der Waals surface area contributed by atoms with Gasteiger partial charge < -0.3 is 13.6 Å². The Morgan fingerprint density at radius 3 is 2.41 bits per heavy atom. The lowest BCUT2D eigenvalue weighted by Gasteiger charge is -2.06. The maximum atomic E-state index is 12.4. The molecule has 0 unspecified atom stereocenters. The number of aromatic nitrogens is 1. The summed E-state index contributed by atoms with van der Waals surface area (Å²) < 4.78 is 16.7. The molecule has 134 valence electrons. The standard InChI is InChI=1S/C22H17NO4/c1-15-19(23-22(27-15)20-8-5-13-25-20)14-26-18-11-9-17(10-12-18)21(24)16-6-3-2-4-7-16/h2-13H,14H2,1H3. The van der Waals surface area contributed by atoms with Crippen LogP contribution in [0, 0.1) is 6.92 Å². The van der Waals surface area contributed by atoms with Gasteiger partial charge in [0.2, 0.25) is 0 Å². The normalized spacial score (nSPS) is 10.7. The van der Waals surface area contributed by atoms with E-state index in [1.54, 1.807) is 54.8 Å². The molecule has 0 aliphatic carbocycles. The highest BCUT2D eigenvalue weighted by molar-refractivity contribution is 6.08. The Morgan fingerprint density at radius 2 is 1.70 bits per heavy atom. The van der Waals surface area contributed by atoms with Crippen LogP contribution < -0.4 is 4.74 Å². The Morgan fingerprint density at radius 1 is 0.963 bits per heavy atom. The van der Waals surface area contributed by atoms with Crippen LogP contribution in [0.4, 0.5) is 0 Å². The second-order valence-electron chi connectivity index (χ2n) is 6.01. The largest absolute Gasteiger partial charge is 0.487 e. The number of benzene rings is 2. The second kappa shape index (κ2) is 7.33. The van der Waals surface area contributed by atoms with E-state index in [0.717, 1.165) is 0 Å². The van der Waals surface area contributed by atoms with Gasteiger partial charge in [-0.05, 0) is 43.3 Å². The number of ether oxygens (including phenoxy) is 1. The molecular formula is C22H17NO4. The van der Waals surface area contributed by atoms with Gasteiger partial charge in [0.25, 0.3) is 5.89 Å². The predicted octanol–water partition coefficient (Wildman–Crippen LogP) is 5.05. The summed E-state index contributed by atoms with van der Waals surface area (Å²) in [4.78, 5) is 16.8. The summed E-state index contributed by atoms with van der Waals surface area (Å²) in [6.07, 6.45) is 1.57. The van der Waals surface area contributed by atoms with Crippen LogP contribution in [0.25, 0.3) is 11.7 Å². The number of oxazole rings is 1. The van der Waals surface area contributed by atoms with Crippen LogP contribution >= 0.6 is 0 Å². The van der Waals surface area contributed by atoms with Crippen LogP contribution in [-0.2, 0) is 6.61 Å². The predicted molar refractivity (Wildman–Crippen MR) is 99.6 cm³/mol. The number of rotatable bonds is 6.